The molecule has 2 N–H and O–H groups in total. The number of piperidine rings is 1. The summed E-state index contributed by atoms with van der Waals surface area (Å²) >= 11 is 0. The summed E-state index contributed by atoms with van der Waals surface area (Å²) in [4.78, 5) is 14.2. The van der Waals surface area contributed by atoms with Gasteiger partial charge in [-0.2, -0.15) is 0 Å². The van der Waals surface area contributed by atoms with Crippen molar-refractivity contribution in [1.29, 1.82) is 0 Å². The molecule has 1 saturated heterocycles. The molecule has 3 nitrogen and oxygen atoms in total. The van der Waals surface area contributed by atoms with Gasteiger partial charge in [-0.1, -0.05) is 34.1 Å². The normalized spacial score (nSPS) is 28.2. The highest BCUT2D eigenvalue weighted by atomic mass is 16.2. The lowest BCUT2D eigenvalue weighted by atomic mass is 9.89. The molecular weight excluding hydrogens is 200 g/mol. The summed E-state index contributed by atoms with van der Waals surface area (Å²) in [5.74, 6) is 1.34. The summed E-state index contributed by atoms with van der Waals surface area (Å²) in [7, 11) is 0. The van der Waals surface area contributed by atoms with Gasteiger partial charge in [-0.3, -0.25) is 4.79 Å². The van der Waals surface area contributed by atoms with Crippen LogP contribution in [0.5, 0.6) is 0 Å². The number of rotatable bonds is 3. The largest absolute Gasteiger partial charge is 0.342 e. The topological polar surface area (TPSA) is 46.3 Å². The van der Waals surface area contributed by atoms with Gasteiger partial charge in [-0.05, 0) is 18.3 Å². The Morgan fingerprint density at radius 3 is 2.56 bits per heavy atom. The SMILES string of the molecule is CCC1CN(C(=O)C(C)C(C)C)CCC1N. The molecule has 0 bridgehead atoms. The van der Waals surface area contributed by atoms with Gasteiger partial charge in [0.25, 0.3) is 0 Å². The van der Waals surface area contributed by atoms with E-state index >= 15 is 0 Å². The second kappa shape index (κ2) is 5.67. The van der Waals surface area contributed by atoms with Crippen molar-refractivity contribution in [2.45, 2.75) is 46.6 Å². The van der Waals surface area contributed by atoms with E-state index in [2.05, 4.69) is 20.8 Å². The van der Waals surface area contributed by atoms with E-state index in [4.69, 9.17) is 5.73 Å². The summed E-state index contributed by atoms with van der Waals surface area (Å²) in [5.41, 5.74) is 6.05. The van der Waals surface area contributed by atoms with E-state index in [1.165, 1.54) is 0 Å². The summed E-state index contributed by atoms with van der Waals surface area (Å²) < 4.78 is 0. The number of likely N-dealkylation sites (tertiary alicyclic amines) is 1. The van der Waals surface area contributed by atoms with E-state index in [1.807, 2.05) is 11.8 Å². The predicted molar refractivity (Wildman–Crippen MR) is 67.0 cm³/mol. The molecule has 3 heteroatoms. The van der Waals surface area contributed by atoms with Gasteiger partial charge in [0.2, 0.25) is 5.91 Å². The van der Waals surface area contributed by atoms with Crippen LogP contribution in [-0.2, 0) is 4.79 Å². The lowest BCUT2D eigenvalue weighted by Crippen LogP contribution is -2.50. The number of hydrogen-bond donors (Lipinski definition) is 1. The van der Waals surface area contributed by atoms with E-state index in [9.17, 15) is 4.79 Å². The molecule has 0 radical (unpaired) electrons. The standard InChI is InChI=1S/C13H26N2O/c1-5-11-8-15(7-6-12(11)14)13(16)10(4)9(2)3/h9-12H,5-8,14H2,1-4H3. The van der Waals surface area contributed by atoms with Crippen molar-refractivity contribution in [3.63, 3.8) is 0 Å². The van der Waals surface area contributed by atoms with Gasteiger partial charge in [0, 0.05) is 25.0 Å². The van der Waals surface area contributed by atoms with E-state index in [0.717, 1.165) is 25.9 Å². The molecule has 1 heterocycles. The smallest absolute Gasteiger partial charge is 0.225 e. The van der Waals surface area contributed by atoms with E-state index in [-0.39, 0.29) is 12.0 Å². The molecule has 0 aromatic rings. The van der Waals surface area contributed by atoms with E-state index in [0.29, 0.717) is 17.7 Å². The van der Waals surface area contributed by atoms with Gasteiger partial charge in [0.15, 0.2) is 0 Å². The minimum atomic E-state index is 0.131. The molecule has 1 rings (SSSR count). The lowest BCUT2D eigenvalue weighted by molar-refractivity contribution is -0.138. The fourth-order valence-electron chi connectivity index (χ4n) is 2.26. The van der Waals surface area contributed by atoms with Gasteiger partial charge in [-0.15, -0.1) is 0 Å². The van der Waals surface area contributed by atoms with Crippen LogP contribution in [0.3, 0.4) is 0 Å². The van der Waals surface area contributed by atoms with Crippen LogP contribution in [-0.4, -0.2) is 29.9 Å². The molecule has 3 unspecified atom stereocenters. The monoisotopic (exact) mass is 226 g/mol. The van der Waals surface area contributed by atoms with Gasteiger partial charge in [-0.25, -0.2) is 0 Å². The molecule has 1 fully saturated rings. The third kappa shape index (κ3) is 2.97. The van der Waals surface area contributed by atoms with Gasteiger partial charge in [0.05, 0.1) is 0 Å². The fourth-order valence-corrected chi connectivity index (χ4v) is 2.26. The van der Waals surface area contributed by atoms with Crippen molar-refractivity contribution in [2.75, 3.05) is 13.1 Å². The summed E-state index contributed by atoms with van der Waals surface area (Å²) in [6.45, 7) is 10.1. The van der Waals surface area contributed by atoms with Crippen LogP contribution in [0, 0.1) is 17.8 Å². The van der Waals surface area contributed by atoms with Crippen LogP contribution < -0.4 is 5.73 Å². The minimum Gasteiger partial charge on any atom is -0.342 e. The van der Waals surface area contributed by atoms with E-state index in [1.54, 1.807) is 0 Å². The quantitative estimate of drug-likeness (QED) is 0.798. The molecule has 0 saturated carbocycles. The molecule has 1 aliphatic rings. The zero-order valence-corrected chi connectivity index (χ0v) is 11.1. The van der Waals surface area contributed by atoms with Crippen LogP contribution in [0.4, 0.5) is 0 Å². The number of nitrogens with zero attached hydrogens (tertiary/aromatic N) is 1. The van der Waals surface area contributed by atoms with Crippen molar-refractivity contribution in [1.82, 2.24) is 4.90 Å². The number of carbonyl (C=O) groups excluding carboxylic acids is 1. The average Bonchev–Trinajstić information content (AvgIpc) is 2.27. The molecule has 1 aliphatic heterocycles. The second-order valence-electron chi connectivity index (χ2n) is 5.44. The highest BCUT2D eigenvalue weighted by Gasteiger charge is 2.30. The Morgan fingerprint density at radius 2 is 2.06 bits per heavy atom. The summed E-state index contributed by atoms with van der Waals surface area (Å²) in [6.07, 6.45) is 2.02. The number of carbonyl (C=O) groups is 1. The first-order valence-electron chi connectivity index (χ1n) is 6.51. The maximum atomic E-state index is 12.2. The molecule has 0 spiro atoms. The van der Waals surface area contributed by atoms with Gasteiger partial charge < -0.3 is 10.6 Å². The molecule has 3 atom stereocenters. The van der Waals surface area contributed by atoms with E-state index < -0.39 is 0 Å². The first-order chi connectivity index (χ1) is 7.47. The van der Waals surface area contributed by atoms with Crippen LogP contribution in [0.2, 0.25) is 0 Å². The van der Waals surface area contributed by atoms with Crippen molar-refractivity contribution >= 4 is 5.91 Å². The Kier molecular flexibility index (Phi) is 4.78. The molecule has 16 heavy (non-hydrogen) atoms. The Hall–Kier alpha value is -0.570. The van der Waals surface area contributed by atoms with Crippen molar-refractivity contribution in [2.24, 2.45) is 23.5 Å². The van der Waals surface area contributed by atoms with Crippen molar-refractivity contribution in [3.8, 4) is 0 Å². The molecular formula is C13H26N2O. The molecule has 0 aromatic heterocycles. The Labute approximate surface area is 99.4 Å². The number of hydrogen-bond acceptors (Lipinski definition) is 2. The molecule has 1 amide bonds. The first kappa shape index (κ1) is 13.5. The van der Waals surface area contributed by atoms with Crippen LogP contribution in [0.25, 0.3) is 0 Å². The van der Waals surface area contributed by atoms with Gasteiger partial charge >= 0.3 is 0 Å². The van der Waals surface area contributed by atoms with Crippen LogP contribution >= 0.6 is 0 Å². The van der Waals surface area contributed by atoms with Crippen molar-refractivity contribution in [3.05, 3.63) is 0 Å². The Morgan fingerprint density at radius 1 is 1.44 bits per heavy atom. The third-order valence-corrected chi connectivity index (χ3v) is 4.02. The predicted octanol–water partition coefficient (Wildman–Crippen LogP) is 1.86. The highest BCUT2D eigenvalue weighted by molar-refractivity contribution is 5.78. The maximum Gasteiger partial charge on any atom is 0.225 e. The fraction of sp³-hybridized carbons (Fsp3) is 0.923. The molecule has 0 aliphatic carbocycles. The minimum absolute atomic E-state index is 0.131. The molecule has 0 aromatic carbocycles. The molecule has 94 valence electrons. The lowest BCUT2D eigenvalue weighted by Gasteiger charge is -2.38. The third-order valence-electron chi connectivity index (χ3n) is 4.02. The second-order valence-corrected chi connectivity index (χ2v) is 5.44. The highest BCUT2D eigenvalue weighted by Crippen LogP contribution is 2.22. The van der Waals surface area contributed by atoms with Gasteiger partial charge in [0.1, 0.15) is 0 Å². The van der Waals surface area contributed by atoms with Crippen molar-refractivity contribution < 1.29 is 4.79 Å². The summed E-state index contributed by atoms with van der Waals surface area (Å²) in [6, 6.07) is 0.281. The Balaban J connectivity index is 2.58. The van der Waals surface area contributed by atoms with Crippen LogP contribution in [0.1, 0.15) is 40.5 Å². The maximum absolute atomic E-state index is 12.2. The Bertz CT molecular complexity index is 240. The average molecular weight is 226 g/mol. The zero-order valence-electron chi connectivity index (χ0n) is 11.1. The first-order valence-corrected chi connectivity index (χ1v) is 6.51. The summed E-state index contributed by atoms with van der Waals surface area (Å²) in [5, 5.41) is 0. The zero-order chi connectivity index (χ0) is 12.3. The van der Waals surface area contributed by atoms with Crippen LogP contribution in [0.15, 0.2) is 0 Å². The number of nitrogens with two attached hydrogens (primary N) is 1. The number of amides is 1.